The van der Waals surface area contributed by atoms with Gasteiger partial charge in [0.05, 0.1) is 18.8 Å². The average Bonchev–Trinajstić information content (AvgIpc) is 3.25. The molecule has 340 valence electrons. The quantitative estimate of drug-likeness (QED) is 0.0424. The molecule has 0 heterocycles. The van der Waals surface area contributed by atoms with Crippen LogP contribution in [0.4, 0.5) is 0 Å². The number of carbonyl (C=O) groups is 1. The summed E-state index contributed by atoms with van der Waals surface area (Å²) in [7, 11) is 0. The number of carbonyl (C=O) groups excluding carboxylic acids is 1. The highest BCUT2D eigenvalue weighted by Gasteiger charge is 2.17. The lowest BCUT2D eigenvalue weighted by molar-refractivity contribution is -0.123. The summed E-state index contributed by atoms with van der Waals surface area (Å²) in [5, 5.41) is 23.0. The minimum absolute atomic E-state index is 0.115. The molecule has 1 amide bonds. The lowest BCUT2D eigenvalue weighted by Gasteiger charge is -2.19. The Kier molecular flexibility index (Phi) is 47.5. The molecule has 0 aromatic rings. The van der Waals surface area contributed by atoms with E-state index in [0.29, 0.717) is 6.42 Å². The molecule has 0 aliphatic carbocycles. The standard InChI is InChI=1S/C56H93NO3/c1-3-5-7-9-11-13-15-17-19-21-23-25-27-28-30-32-34-36-38-40-42-44-46-48-50-52-56(60)57-54(53-58)55(59)51-49-47-45-43-41-39-37-35-33-31-29-26-24-22-20-18-16-14-12-10-8-6-4-2/h5,7,11,13,17,19,23,25,28,30,33-36,40-43,49,51,54-55,58-59H,3-4,6,8-10,12,14-16,18,20-22,24,26-27,29,31-32,37-39,44-48,50,52-53H2,1-2H3,(H,57,60)/b7-5-,13-11-,19-17-,25-23-,30-28-,35-33+,36-34-,42-40-,43-41+,51-49+. The highest BCUT2D eigenvalue weighted by atomic mass is 16.3. The number of amides is 1. The molecule has 0 saturated carbocycles. The van der Waals surface area contributed by atoms with Crippen LogP contribution in [-0.2, 0) is 4.79 Å². The molecule has 3 N–H and O–H groups in total. The molecular weight excluding hydrogens is 735 g/mol. The smallest absolute Gasteiger partial charge is 0.220 e. The van der Waals surface area contributed by atoms with Crippen LogP contribution in [0.2, 0.25) is 0 Å². The van der Waals surface area contributed by atoms with Crippen LogP contribution in [0.15, 0.2) is 122 Å². The molecule has 2 unspecified atom stereocenters. The second-order valence-electron chi connectivity index (χ2n) is 16.1. The van der Waals surface area contributed by atoms with Gasteiger partial charge in [-0.2, -0.15) is 0 Å². The van der Waals surface area contributed by atoms with E-state index in [0.717, 1.165) is 96.3 Å². The first-order chi connectivity index (χ1) is 29.7. The van der Waals surface area contributed by atoms with E-state index in [4.69, 9.17) is 0 Å². The van der Waals surface area contributed by atoms with Crippen molar-refractivity contribution in [3.05, 3.63) is 122 Å². The third-order valence-corrected chi connectivity index (χ3v) is 10.4. The van der Waals surface area contributed by atoms with Crippen LogP contribution in [0, 0.1) is 0 Å². The molecule has 0 aromatic heterocycles. The van der Waals surface area contributed by atoms with Crippen molar-refractivity contribution in [3.63, 3.8) is 0 Å². The monoisotopic (exact) mass is 828 g/mol. The zero-order chi connectivity index (χ0) is 43.5. The van der Waals surface area contributed by atoms with Gasteiger partial charge in [-0.25, -0.2) is 0 Å². The Morgan fingerprint density at radius 1 is 0.417 bits per heavy atom. The molecule has 0 aliphatic rings. The molecule has 0 bridgehead atoms. The van der Waals surface area contributed by atoms with Crippen molar-refractivity contribution < 1.29 is 15.0 Å². The summed E-state index contributed by atoms with van der Waals surface area (Å²) >= 11 is 0. The Morgan fingerprint density at radius 3 is 1.17 bits per heavy atom. The number of hydrogen-bond acceptors (Lipinski definition) is 3. The van der Waals surface area contributed by atoms with Crippen molar-refractivity contribution in [3.8, 4) is 0 Å². The fourth-order valence-corrected chi connectivity index (χ4v) is 6.66. The normalized spacial score (nSPS) is 14.0. The van der Waals surface area contributed by atoms with Gasteiger partial charge in [-0.15, -0.1) is 0 Å². The fourth-order valence-electron chi connectivity index (χ4n) is 6.66. The van der Waals surface area contributed by atoms with E-state index in [-0.39, 0.29) is 12.5 Å². The summed E-state index contributed by atoms with van der Waals surface area (Å²) in [6, 6.07) is -0.673. The zero-order valence-corrected chi connectivity index (χ0v) is 38.9. The number of aliphatic hydroxyl groups excluding tert-OH is 2. The van der Waals surface area contributed by atoms with Crippen LogP contribution in [0.3, 0.4) is 0 Å². The molecule has 60 heavy (non-hydrogen) atoms. The van der Waals surface area contributed by atoms with Crippen LogP contribution >= 0.6 is 0 Å². The highest BCUT2D eigenvalue weighted by Crippen LogP contribution is 2.13. The molecule has 0 aromatic carbocycles. The molecule has 0 spiro atoms. The van der Waals surface area contributed by atoms with Gasteiger partial charge < -0.3 is 15.5 Å². The van der Waals surface area contributed by atoms with Crippen molar-refractivity contribution in [2.75, 3.05) is 6.61 Å². The number of hydrogen-bond donors (Lipinski definition) is 3. The molecule has 0 saturated heterocycles. The second kappa shape index (κ2) is 50.1. The maximum absolute atomic E-state index is 12.4. The summed E-state index contributed by atoms with van der Waals surface area (Å²) in [5.74, 6) is -0.115. The molecule has 0 fully saturated rings. The molecule has 0 aliphatic heterocycles. The maximum atomic E-state index is 12.4. The van der Waals surface area contributed by atoms with Gasteiger partial charge in [-0.3, -0.25) is 4.79 Å². The SMILES string of the molecule is CC/C=C\C/C=C\C/C=C\C/C=C\C/C=C\C/C=C\C/C=C\CCCCCC(=O)NC(CO)C(O)/C=C/CC/C=C/CC/C=C/CCCCCCCCCCCCCCC. The number of rotatable bonds is 43. The third kappa shape index (κ3) is 45.9. The van der Waals surface area contributed by atoms with E-state index in [1.165, 1.54) is 89.9 Å². The van der Waals surface area contributed by atoms with Gasteiger partial charge in [-0.1, -0.05) is 219 Å². The van der Waals surface area contributed by atoms with E-state index in [2.05, 4.69) is 129 Å². The van der Waals surface area contributed by atoms with Crippen molar-refractivity contribution in [2.24, 2.45) is 0 Å². The minimum atomic E-state index is -0.894. The second-order valence-corrected chi connectivity index (χ2v) is 16.1. The van der Waals surface area contributed by atoms with E-state index in [1.807, 2.05) is 6.08 Å². The summed E-state index contributed by atoms with van der Waals surface area (Å²) in [6.07, 6.45) is 77.5. The molecule has 0 radical (unpaired) electrons. The largest absolute Gasteiger partial charge is 0.394 e. The lowest BCUT2D eigenvalue weighted by atomic mass is 10.0. The Bertz CT molecular complexity index is 1210. The van der Waals surface area contributed by atoms with E-state index >= 15 is 0 Å². The highest BCUT2D eigenvalue weighted by molar-refractivity contribution is 5.76. The van der Waals surface area contributed by atoms with Crippen LogP contribution in [0.1, 0.15) is 206 Å². The van der Waals surface area contributed by atoms with E-state index in [9.17, 15) is 15.0 Å². The lowest BCUT2D eigenvalue weighted by Crippen LogP contribution is -2.45. The van der Waals surface area contributed by atoms with Gasteiger partial charge in [0.25, 0.3) is 0 Å². The molecule has 4 nitrogen and oxygen atoms in total. The van der Waals surface area contributed by atoms with Gasteiger partial charge in [0.2, 0.25) is 5.91 Å². The predicted molar refractivity (Wildman–Crippen MR) is 266 cm³/mol. The zero-order valence-electron chi connectivity index (χ0n) is 38.9. The van der Waals surface area contributed by atoms with E-state index < -0.39 is 12.1 Å². The number of unbranched alkanes of at least 4 members (excludes halogenated alkanes) is 18. The summed E-state index contributed by atoms with van der Waals surface area (Å²) < 4.78 is 0. The summed E-state index contributed by atoms with van der Waals surface area (Å²) in [4.78, 5) is 12.4. The molecule has 2 atom stereocenters. The molecular formula is C56H93NO3. The fraction of sp³-hybridized carbons (Fsp3) is 0.625. The van der Waals surface area contributed by atoms with Crippen molar-refractivity contribution in [1.29, 1.82) is 0 Å². The van der Waals surface area contributed by atoms with Crippen LogP contribution in [0.25, 0.3) is 0 Å². The van der Waals surface area contributed by atoms with Crippen molar-refractivity contribution in [2.45, 2.75) is 219 Å². The van der Waals surface area contributed by atoms with Gasteiger partial charge in [0.1, 0.15) is 0 Å². The topological polar surface area (TPSA) is 69.6 Å². The Morgan fingerprint density at radius 2 is 0.750 bits per heavy atom. The van der Waals surface area contributed by atoms with Crippen LogP contribution in [-0.4, -0.2) is 34.9 Å². The Hall–Kier alpha value is -3.21. The Labute approximate surface area is 371 Å². The number of allylic oxidation sites excluding steroid dienone is 19. The van der Waals surface area contributed by atoms with Crippen molar-refractivity contribution >= 4 is 5.91 Å². The number of aliphatic hydroxyl groups is 2. The summed E-state index contributed by atoms with van der Waals surface area (Å²) in [6.45, 7) is 4.16. The first kappa shape index (κ1) is 56.8. The van der Waals surface area contributed by atoms with Gasteiger partial charge >= 0.3 is 0 Å². The first-order valence-corrected chi connectivity index (χ1v) is 24.7. The summed E-state index contributed by atoms with van der Waals surface area (Å²) in [5.41, 5.74) is 0. The van der Waals surface area contributed by atoms with Gasteiger partial charge in [0, 0.05) is 6.42 Å². The van der Waals surface area contributed by atoms with Gasteiger partial charge in [-0.05, 0) is 103 Å². The van der Waals surface area contributed by atoms with Crippen molar-refractivity contribution in [1.82, 2.24) is 5.32 Å². The van der Waals surface area contributed by atoms with Crippen LogP contribution in [0.5, 0.6) is 0 Å². The predicted octanol–water partition coefficient (Wildman–Crippen LogP) is 16.1. The third-order valence-electron chi connectivity index (χ3n) is 10.4. The molecule has 4 heteroatoms. The Balaban J connectivity index is 3.75. The average molecular weight is 828 g/mol. The first-order valence-electron chi connectivity index (χ1n) is 24.7. The van der Waals surface area contributed by atoms with Crippen LogP contribution < -0.4 is 5.32 Å². The number of nitrogens with one attached hydrogen (secondary N) is 1. The maximum Gasteiger partial charge on any atom is 0.220 e. The van der Waals surface area contributed by atoms with Gasteiger partial charge in [0.15, 0.2) is 0 Å². The molecule has 0 rings (SSSR count). The van der Waals surface area contributed by atoms with E-state index in [1.54, 1.807) is 6.08 Å². The minimum Gasteiger partial charge on any atom is -0.394 e.